The number of hydrogen-bond donors (Lipinski definition) is 5. The number of carbonyl (C=O) groups excluding carboxylic acids is 1. The zero-order valence-corrected chi connectivity index (χ0v) is 16.6. The molecule has 33 heavy (non-hydrogen) atoms. The Labute approximate surface area is 183 Å². The van der Waals surface area contributed by atoms with E-state index in [1.807, 2.05) is 5.43 Å². The third-order valence-corrected chi connectivity index (χ3v) is 4.37. The van der Waals surface area contributed by atoms with Gasteiger partial charge in [0.05, 0.1) is 5.56 Å². The van der Waals surface area contributed by atoms with E-state index in [0.717, 1.165) is 18.2 Å². The van der Waals surface area contributed by atoms with Gasteiger partial charge in [-0.05, 0) is 23.8 Å². The standard InChI is InChI=1S/C20H16F3N5O5/c21-20(22,23)11-5-3-4-10(8-11)9-13(19(32)33)27-28-17(30)14-15(29)18(31)26-16(25-14)12-6-1-2-7-24-12/h1-8,13,27,29H,9H2,(H,28,30)(H,32,33)(H,25,26,31)/t13-/m0/s1. The molecule has 0 bridgehead atoms. The summed E-state index contributed by atoms with van der Waals surface area (Å²) in [6, 6.07) is 7.24. The third-order valence-electron chi connectivity index (χ3n) is 4.37. The molecule has 1 atom stereocenters. The first-order valence-corrected chi connectivity index (χ1v) is 9.25. The van der Waals surface area contributed by atoms with E-state index in [2.05, 4.69) is 20.4 Å². The van der Waals surface area contributed by atoms with Gasteiger partial charge in [0.2, 0.25) is 5.75 Å². The molecule has 0 aliphatic rings. The first kappa shape index (κ1) is 23.4. The molecule has 3 rings (SSSR count). The van der Waals surface area contributed by atoms with Crippen molar-refractivity contribution in [2.24, 2.45) is 0 Å². The molecule has 10 nitrogen and oxygen atoms in total. The number of halogens is 3. The summed E-state index contributed by atoms with van der Waals surface area (Å²) < 4.78 is 38.6. The average molecular weight is 463 g/mol. The number of alkyl halides is 3. The van der Waals surface area contributed by atoms with Crippen molar-refractivity contribution in [3.63, 3.8) is 0 Å². The topological polar surface area (TPSA) is 157 Å². The minimum Gasteiger partial charge on any atom is -0.501 e. The van der Waals surface area contributed by atoms with Gasteiger partial charge in [-0.15, -0.1) is 0 Å². The lowest BCUT2D eigenvalue weighted by Crippen LogP contribution is -2.49. The van der Waals surface area contributed by atoms with Gasteiger partial charge in [0.1, 0.15) is 11.7 Å². The zero-order valence-electron chi connectivity index (χ0n) is 16.6. The molecular formula is C20H16F3N5O5. The molecule has 0 aliphatic carbocycles. The Morgan fingerprint density at radius 2 is 1.91 bits per heavy atom. The minimum atomic E-state index is -4.61. The molecular weight excluding hydrogens is 447 g/mol. The third kappa shape index (κ3) is 5.71. The van der Waals surface area contributed by atoms with E-state index in [1.165, 1.54) is 18.3 Å². The maximum Gasteiger partial charge on any atom is 0.416 e. The largest absolute Gasteiger partial charge is 0.501 e. The Bertz CT molecular complexity index is 1230. The molecule has 0 unspecified atom stereocenters. The number of aromatic hydroxyl groups is 1. The Morgan fingerprint density at radius 1 is 1.15 bits per heavy atom. The second kappa shape index (κ2) is 9.48. The van der Waals surface area contributed by atoms with Gasteiger partial charge in [0.25, 0.3) is 11.5 Å². The van der Waals surface area contributed by atoms with E-state index < -0.39 is 53.1 Å². The number of pyridine rings is 1. The quantitative estimate of drug-likeness (QED) is 0.330. The fourth-order valence-electron chi connectivity index (χ4n) is 2.77. The van der Waals surface area contributed by atoms with Crippen LogP contribution in [0.5, 0.6) is 5.75 Å². The molecule has 0 saturated carbocycles. The maximum atomic E-state index is 12.9. The number of H-pyrrole nitrogens is 1. The molecule has 3 aromatic rings. The van der Waals surface area contributed by atoms with Crippen LogP contribution in [0.15, 0.2) is 53.5 Å². The van der Waals surface area contributed by atoms with Crippen LogP contribution in [0.4, 0.5) is 13.2 Å². The summed E-state index contributed by atoms with van der Waals surface area (Å²) in [4.78, 5) is 46.0. The first-order valence-electron chi connectivity index (χ1n) is 9.25. The molecule has 5 N–H and O–H groups in total. The summed E-state index contributed by atoms with van der Waals surface area (Å²) in [5.74, 6) is -3.75. The van der Waals surface area contributed by atoms with Crippen LogP contribution in [0.1, 0.15) is 21.6 Å². The highest BCUT2D eigenvalue weighted by Gasteiger charge is 2.31. The smallest absolute Gasteiger partial charge is 0.416 e. The number of carboxylic acid groups (broad SMARTS) is 1. The number of hydrazine groups is 1. The van der Waals surface area contributed by atoms with E-state index in [4.69, 9.17) is 0 Å². The molecule has 1 aromatic carbocycles. The van der Waals surface area contributed by atoms with Crippen LogP contribution < -0.4 is 16.4 Å². The van der Waals surface area contributed by atoms with Gasteiger partial charge in [-0.2, -0.15) is 13.2 Å². The van der Waals surface area contributed by atoms with Crippen molar-refractivity contribution in [2.75, 3.05) is 0 Å². The number of aromatic nitrogens is 3. The fourth-order valence-corrected chi connectivity index (χ4v) is 2.77. The van der Waals surface area contributed by atoms with Gasteiger partial charge >= 0.3 is 12.1 Å². The highest BCUT2D eigenvalue weighted by Crippen LogP contribution is 2.29. The molecule has 172 valence electrons. The van der Waals surface area contributed by atoms with E-state index in [1.54, 1.807) is 12.1 Å². The second-order valence-electron chi connectivity index (χ2n) is 6.72. The number of rotatable bonds is 7. The van der Waals surface area contributed by atoms with Gasteiger partial charge in [-0.3, -0.25) is 24.8 Å². The maximum absolute atomic E-state index is 12.9. The number of aromatic amines is 1. The lowest BCUT2D eigenvalue weighted by molar-refractivity contribution is -0.139. The van der Waals surface area contributed by atoms with Crippen molar-refractivity contribution in [3.8, 4) is 17.3 Å². The van der Waals surface area contributed by atoms with Crippen LogP contribution in [0.2, 0.25) is 0 Å². The summed E-state index contributed by atoms with van der Waals surface area (Å²) in [6.45, 7) is 0. The summed E-state index contributed by atoms with van der Waals surface area (Å²) in [7, 11) is 0. The number of carbonyl (C=O) groups is 2. The molecule has 0 fully saturated rings. The van der Waals surface area contributed by atoms with Crippen LogP contribution >= 0.6 is 0 Å². The fraction of sp³-hybridized carbons (Fsp3) is 0.150. The van der Waals surface area contributed by atoms with Crippen molar-refractivity contribution in [1.29, 1.82) is 0 Å². The number of aliphatic carboxylic acids is 1. The number of benzene rings is 1. The van der Waals surface area contributed by atoms with E-state index >= 15 is 0 Å². The lowest BCUT2D eigenvalue weighted by Gasteiger charge is -2.16. The zero-order chi connectivity index (χ0) is 24.2. The van der Waals surface area contributed by atoms with Gasteiger partial charge in [0.15, 0.2) is 11.5 Å². The first-order chi connectivity index (χ1) is 15.6. The molecule has 0 saturated heterocycles. The lowest BCUT2D eigenvalue weighted by atomic mass is 10.0. The van der Waals surface area contributed by atoms with Crippen molar-refractivity contribution in [1.82, 2.24) is 25.8 Å². The summed E-state index contributed by atoms with van der Waals surface area (Å²) in [5.41, 5.74) is 1.73. The normalized spacial score (nSPS) is 12.2. The number of amides is 1. The molecule has 0 spiro atoms. The van der Waals surface area contributed by atoms with Crippen molar-refractivity contribution >= 4 is 11.9 Å². The van der Waals surface area contributed by atoms with Crippen molar-refractivity contribution < 1.29 is 33.0 Å². The van der Waals surface area contributed by atoms with Crippen LogP contribution in [0.25, 0.3) is 11.5 Å². The van der Waals surface area contributed by atoms with Crippen molar-refractivity contribution in [2.45, 2.75) is 18.6 Å². The van der Waals surface area contributed by atoms with Gasteiger partial charge in [-0.25, -0.2) is 10.4 Å². The van der Waals surface area contributed by atoms with E-state index in [0.29, 0.717) is 0 Å². The molecule has 1 amide bonds. The van der Waals surface area contributed by atoms with Crippen LogP contribution in [0, 0.1) is 0 Å². The molecule has 13 heteroatoms. The Kier molecular flexibility index (Phi) is 6.72. The Morgan fingerprint density at radius 3 is 2.55 bits per heavy atom. The van der Waals surface area contributed by atoms with E-state index in [9.17, 15) is 37.8 Å². The van der Waals surface area contributed by atoms with Crippen LogP contribution in [-0.2, 0) is 17.4 Å². The van der Waals surface area contributed by atoms with Gasteiger partial charge < -0.3 is 15.2 Å². The summed E-state index contributed by atoms with van der Waals surface area (Å²) >= 11 is 0. The molecule has 0 radical (unpaired) electrons. The minimum absolute atomic E-state index is 0.0496. The number of nitrogens with one attached hydrogen (secondary N) is 3. The van der Waals surface area contributed by atoms with Gasteiger partial charge in [-0.1, -0.05) is 24.3 Å². The monoisotopic (exact) mass is 463 g/mol. The second-order valence-corrected chi connectivity index (χ2v) is 6.72. The highest BCUT2D eigenvalue weighted by molar-refractivity contribution is 5.95. The van der Waals surface area contributed by atoms with E-state index in [-0.39, 0.29) is 17.1 Å². The predicted molar refractivity (Wildman–Crippen MR) is 107 cm³/mol. The Balaban J connectivity index is 1.78. The molecule has 2 aromatic heterocycles. The van der Waals surface area contributed by atoms with Crippen LogP contribution in [-0.4, -0.2) is 43.1 Å². The summed E-state index contributed by atoms with van der Waals surface area (Å²) in [6.07, 6.45) is -3.60. The number of hydrogen-bond acceptors (Lipinski definition) is 7. The molecule has 0 aliphatic heterocycles. The van der Waals surface area contributed by atoms with Crippen LogP contribution in [0.3, 0.4) is 0 Å². The Hall–Kier alpha value is -4.26. The SMILES string of the molecule is O=C(NN[C@@H](Cc1cccc(C(F)(F)F)c1)C(=O)O)c1nc(-c2ccccn2)[nH]c(=O)c1O. The van der Waals surface area contributed by atoms with Gasteiger partial charge in [0, 0.05) is 12.6 Å². The number of carboxylic acids is 1. The average Bonchev–Trinajstić information content (AvgIpc) is 2.78. The molecule has 2 heterocycles. The predicted octanol–water partition coefficient (Wildman–Crippen LogP) is 1.49. The summed E-state index contributed by atoms with van der Waals surface area (Å²) in [5, 5.41) is 19.3. The highest BCUT2D eigenvalue weighted by atomic mass is 19.4. The van der Waals surface area contributed by atoms with Crippen molar-refractivity contribution in [3.05, 3.63) is 75.8 Å². The number of nitrogens with zero attached hydrogens (tertiary/aromatic N) is 2.